The van der Waals surface area contributed by atoms with Crippen molar-refractivity contribution in [2.45, 2.75) is 40.0 Å². The molecule has 0 spiro atoms. The van der Waals surface area contributed by atoms with Gasteiger partial charge in [-0.3, -0.25) is 9.47 Å². The molecule has 2 rings (SSSR count). The first-order chi connectivity index (χ1) is 10.2. The van der Waals surface area contributed by atoms with E-state index in [0.717, 1.165) is 0 Å². The lowest BCUT2D eigenvalue weighted by Crippen LogP contribution is -2.38. The number of amides is 1. The summed E-state index contributed by atoms with van der Waals surface area (Å²) in [6, 6.07) is 4.24. The van der Waals surface area contributed by atoms with Crippen molar-refractivity contribution >= 4 is 23.1 Å². The molecule has 120 valence electrons. The zero-order chi connectivity index (χ0) is 16.5. The summed E-state index contributed by atoms with van der Waals surface area (Å²) in [5.74, 6) is -0.153. The number of rotatable bonds is 3. The molecule has 0 atom stereocenters. The van der Waals surface area contributed by atoms with Crippen LogP contribution in [0.1, 0.15) is 27.7 Å². The van der Waals surface area contributed by atoms with Gasteiger partial charge >= 0.3 is 6.09 Å². The van der Waals surface area contributed by atoms with Gasteiger partial charge in [0.05, 0.1) is 11.0 Å². The summed E-state index contributed by atoms with van der Waals surface area (Å²) in [6.45, 7) is 7.92. The van der Waals surface area contributed by atoms with Crippen LogP contribution in [-0.2, 0) is 11.4 Å². The molecule has 22 heavy (non-hydrogen) atoms. The molecule has 7 heteroatoms. The number of benzene rings is 1. The summed E-state index contributed by atoms with van der Waals surface area (Å²) in [6.07, 6.45) is -0.432. The van der Waals surface area contributed by atoms with Crippen molar-refractivity contribution in [3.8, 4) is 0 Å². The number of carbonyl (C=O) groups is 1. The monoisotopic (exact) mass is 308 g/mol. The minimum absolute atomic E-state index is 0.194. The van der Waals surface area contributed by atoms with E-state index in [1.165, 1.54) is 17.0 Å². The third kappa shape index (κ3) is 3.47. The molecule has 2 aromatic rings. The maximum atomic E-state index is 13.2. The molecule has 1 amide bonds. The van der Waals surface area contributed by atoms with Gasteiger partial charge in [0, 0.05) is 12.6 Å². The third-order valence-corrected chi connectivity index (χ3v) is 3.09. The Morgan fingerprint density at radius 3 is 2.73 bits per heavy atom. The number of aromatic nitrogens is 2. The van der Waals surface area contributed by atoms with Crippen LogP contribution in [0.5, 0.6) is 0 Å². The highest BCUT2D eigenvalue weighted by Crippen LogP contribution is 2.20. The number of carbonyl (C=O) groups excluding carboxylic acids is 1. The van der Waals surface area contributed by atoms with Gasteiger partial charge in [0.2, 0.25) is 5.95 Å². The predicted molar refractivity (Wildman–Crippen MR) is 82.7 cm³/mol. The highest BCUT2D eigenvalue weighted by Gasteiger charge is 2.22. The molecule has 2 N–H and O–H groups in total. The van der Waals surface area contributed by atoms with Crippen LogP contribution in [0, 0.1) is 5.82 Å². The van der Waals surface area contributed by atoms with Gasteiger partial charge in [0.15, 0.2) is 0 Å². The Balaban J connectivity index is 2.28. The van der Waals surface area contributed by atoms with Gasteiger partial charge < -0.3 is 10.5 Å². The SMILES string of the molecule is CCN(Cn1c(N)nc2cc(F)ccc21)C(=O)OC(C)(C)C. The molecule has 0 bridgehead atoms. The van der Waals surface area contributed by atoms with E-state index in [0.29, 0.717) is 17.6 Å². The number of halogens is 1. The summed E-state index contributed by atoms with van der Waals surface area (Å²) in [5, 5.41) is 0. The lowest BCUT2D eigenvalue weighted by atomic mass is 10.2. The van der Waals surface area contributed by atoms with Gasteiger partial charge in [-0.25, -0.2) is 14.2 Å². The second-order valence-electron chi connectivity index (χ2n) is 6.01. The highest BCUT2D eigenvalue weighted by molar-refractivity contribution is 5.78. The fourth-order valence-corrected chi connectivity index (χ4v) is 2.05. The first-order valence-corrected chi connectivity index (χ1v) is 7.10. The molecule has 0 unspecified atom stereocenters. The fraction of sp³-hybridized carbons (Fsp3) is 0.467. The van der Waals surface area contributed by atoms with Crippen LogP contribution in [0.2, 0.25) is 0 Å². The number of imidazole rings is 1. The molecule has 1 heterocycles. The molecule has 0 aliphatic rings. The molecule has 0 radical (unpaired) electrons. The third-order valence-electron chi connectivity index (χ3n) is 3.09. The van der Waals surface area contributed by atoms with Crippen molar-refractivity contribution in [1.29, 1.82) is 0 Å². The minimum atomic E-state index is -0.573. The number of nitrogen functional groups attached to an aromatic ring is 1. The molecule has 0 saturated heterocycles. The topological polar surface area (TPSA) is 73.4 Å². The van der Waals surface area contributed by atoms with Crippen LogP contribution >= 0.6 is 0 Å². The Hall–Kier alpha value is -2.31. The van der Waals surface area contributed by atoms with E-state index in [2.05, 4.69) is 4.98 Å². The minimum Gasteiger partial charge on any atom is -0.444 e. The van der Waals surface area contributed by atoms with Crippen LogP contribution in [0.15, 0.2) is 18.2 Å². The normalized spacial score (nSPS) is 11.7. The average Bonchev–Trinajstić information content (AvgIpc) is 2.68. The molecule has 1 aromatic heterocycles. The summed E-state index contributed by atoms with van der Waals surface area (Å²) >= 11 is 0. The number of ether oxygens (including phenoxy) is 1. The average molecular weight is 308 g/mol. The van der Waals surface area contributed by atoms with E-state index in [4.69, 9.17) is 10.5 Å². The standard InChI is InChI=1S/C15H21FN4O2/c1-5-19(14(21)22-15(2,3)4)9-20-12-7-6-10(16)8-11(12)18-13(20)17/h6-8H,5,9H2,1-4H3,(H2,17,18). The zero-order valence-corrected chi connectivity index (χ0v) is 13.3. The van der Waals surface area contributed by atoms with Crippen LogP contribution in [0.25, 0.3) is 11.0 Å². The number of anilines is 1. The Labute approximate surface area is 128 Å². The van der Waals surface area contributed by atoms with Crippen molar-refractivity contribution in [3.63, 3.8) is 0 Å². The number of nitrogens with zero attached hydrogens (tertiary/aromatic N) is 3. The second kappa shape index (κ2) is 5.82. The van der Waals surface area contributed by atoms with E-state index >= 15 is 0 Å². The van der Waals surface area contributed by atoms with Gasteiger partial charge in [-0.05, 0) is 39.8 Å². The fourth-order valence-electron chi connectivity index (χ4n) is 2.05. The van der Waals surface area contributed by atoms with E-state index in [1.807, 2.05) is 27.7 Å². The maximum absolute atomic E-state index is 13.2. The maximum Gasteiger partial charge on any atom is 0.411 e. The smallest absolute Gasteiger partial charge is 0.411 e. The summed E-state index contributed by atoms with van der Waals surface area (Å²) in [7, 11) is 0. The number of fused-ring (bicyclic) bond motifs is 1. The molecular weight excluding hydrogens is 287 g/mol. The largest absolute Gasteiger partial charge is 0.444 e. The van der Waals surface area contributed by atoms with Gasteiger partial charge in [0.1, 0.15) is 18.1 Å². The van der Waals surface area contributed by atoms with Crippen LogP contribution in [0.3, 0.4) is 0 Å². The van der Waals surface area contributed by atoms with Crippen molar-refractivity contribution in [3.05, 3.63) is 24.0 Å². The van der Waals surface area contributed by atoms with Crippen LogP contribution < -0.4 is 5.73 Å². The van der Waals surface area contributed by atoms with Gasteiger partial charge in [-0.15, -0.1) is 0 Å². The molecule has 0 aliphatic carbocycles. The molecule has 0 saturated carbocycles. The lowest BCUT2D eigenvalue weighted by molar-refractivity contribution is 0.0205. The second-order valence-corrected chi connectivity index (χ2v) is 6.01. The summed E-state index contributed by atoms with van der Waals surface area (Å²) in [5.41, 5.74) is 6.43. The molecule has 6 nitrogen and oxygen atoms in total. The summed E-state index contributed by atoms with van der Waals surface area (Å²) in [4.78, 5) is 17.8. The van der Waals surface area contributed by atoms with Crippen molar-refractivity contribution < 1.29 is 13.9 Å². The van der Waals surface area contributed by atoms with E-state index in [9.17, 15) is 9.18 Å². The molecular formula is C15H21FN4O2. The van der Waals surface area contributed by atoms with Gasteiger partial charge in [-0.1, -0.05) is 0 Å². The Morgan fingerprint density at radius 1 is 1.45 bits per heavy atom. The number of hydrogen-bond donors (Lipinski definition) is 1. The zero-order valence-electron chi connectivity index (χ0n) is 13.3. The van der Waals surface area contributed by atoms with Crippen molar-refractivity contribution in [1.82, 2.24) is 14.5 Å². The lowest BCUT2D eigenvalue weighted by Gasteiger charge is -2.27. The molecule has 0 aliphatic heterocycles. The Morgan fingerprint density at radius 2 is 2.14 bits per heavy atom. The predicted octanol–water partition coefficient (Wildman–Crippen LogP) is 2.97. The first-order valence-electron chi connectivity index (χ1n) is 7.10. The quantitative estimate of drug-likeness (QED) is 0.946. The summed E-state index contributed by atoms with van der Waals surface area (Å²) < 4.78 is 20.3. The van der Waals surface area contributed by atoms with E-state index < -0.39 is 11.7 Å². The van der Waals surface area contributed by atoms with Gasteiger partial charge in [-0.2, -0.15) is 0 Å². The number of hydrogen-bond acceptors (Lipinski definition) is 4. The van der Waals surface area contributed by atoms with Gasteiger partial charge in [0.25, 0.3) is 0 Å². The van der Waals surface area contributed by atoms with Crippen molar-refractivity contribution in [2.75, 3.05) is 12.3 Å². The Bertz CT molecular complexity index is 691. The number of nitrogens with two attached hydrogens (primary N) is 1. The first kappa shape index (κ1) is 16.1. The van der Waals surface area contributed by atoms with E-state index in [1.54, 1.807) is 10.6 Å². The van der Waals surface area contributed by atoms with Crippen LogP contribution in [0.4, 0.5) is 15.1 Å². The van der Waals surface area contributed by atoms with Crippen LogP contribution in [-0.4, -0.2) is 32.7 Å². The van der Waals surface area contributed by atoms with Crippen molar-refractivity contribution in [2.24, 2.45) is 0 Å². The molecule has 0 fully saturated rings. The Kier molecular flexibility index (Phi) is 4.25. The highest BCUT2D eigenvalue weighted by atomic mass is 19.1. The molecule has 1 aromatic carbocycles. The van der Waals surface area contributed by atoms with E-state index in [-0.39, 0.29) is 18.4 Å².